The van der Waals surface area contributed by atoms with Crippen LogP contribution in [0.3, 0.4) is 0 Å². The van der Waals surface area contributed by atoms with Crippen LogP contribution in [0.25, 0.3) is 0 Å². The molecular formula is C25H26FN3O2S. The Morgan fingerprint density at radius 3 is 2.34 bits per heavy atom. The smallest absolute Gasteiger partial charge is 0.322 e. The van der Waals surface area contributed by atoms with Gasteiger partial charge in [-0.05, 0) is 61.7 Å². The summed E-state index contributed by atoms with van der Waals surface area (Å²) in [6.07, 6.45) is 1.80. The van der Waals surface area contributed by atoms with Crippen LogP contribution in [0.2, 0.25) is 0 Å². The molecule has 32 heavy (non-hydrogen) atoms. The number of hydrogen-bond donors (Lipinski definition) is 1. The molecule has 1 saturated carbocycles. The van der Waals surface area contributed by atoms with Gasteiger partial charge in [0.15, 0.2) is 0 Å². The number of aryl methyl sites for hydroxylation is 1. The van der Waals surface area contributed by atoms with Crippen molar-refractivity contribution in [3.8, 4) is 0 Å². The molecule has 0 bridgehead atoms. The van der Waals surface area contributed by atoms with E-state index in [1.165, 1.54) is 17.0 Å². The Kier molecular flexibility index (Phi) is 6.85. The number of hydrogen-bond acceptors (Lipinski definition) is 3. The highest BCUT2D eigenvalue weighted by Crippen LogP contribution is 2.28. The van der Waals surface area contributed by atoms with E-state index >= 15 is 0 Å². The topological polar surface area (TPSA) is 52.7 Å². The lowest BCUT2D eigenvalue weighted by molar-refractivity contribution is -0.133. The van der Waals surface area contributed by atoms with Crippen LogP contribution < -0.4 is 5.32 Å². The average Bonchev–Trinajstić information content (AvgIpc) is 3.54. The Morgan fingerprint density at radius 2 is 1.72 bits per heavy atom. The van der Waals surface area contributed by atoms with Crippen LogP contribution in [0.1, 0.15) is 28.2 Å². The van der Waals surface area contributed by atoms with E-state index in [4.69, 9.17) is 0 Å². The van der Waals surface area contributed by atoms with Crippen molar-refractivity contribution < 1.29 is 14.0 Å². The van der Waals surface area contributed by atoms with Crippen LogP contribution in [-0.4, -0.2) is 34.3 Å². The lowest BCUT2D eigenvalue weighted by Crippen LogP contribution is -2.45. The normalized spacial score (nSPS) is 12.9. The Hall–Kier alpha value is -3.19. The van der Waals surface area contributed by atoms with Crippen LogP contribution in [0.5, 0.6) is 0 Å². The number of benzene rings is 2. The summed E-state index contributed by atoms with van der Waals surface area (Å²) in [5.41, 5.74) is 1.55. The zero-order valence-electron chi connectivity index (χ0n) is 18.0. The van der Waals surface area contributed by atoms with E-state index in [2.05, 4.69) is 5.32 Å². The molecule has 0 spiro atoms. The molecule has 0 atom stereocenters. The molecule has 0 unspecified atom stereocenters. The van der Waals surface area contributed by atoms with E-state index in [0.717, 1.165) is 23.3 Å². The summed E-state index contributed by atoms with van der Waals surface area (Å²) < 4.78 is 13.3. The highest BCUT2D eigenvalue weighted by Gasteiger charge is 2.35. The number of carbonyl (C=O) groups is 2. The molecular weight excluding hydrogens is 425 g/mol. The van der Waals surface area contributed by atoms with Crippen LogP contribution in [0, 0.1) is 12.7 Å². The third-order valence-corrected chi connectivity index (χ3v) is 6.35. The second-order valence-electron chi connectivity index (χ2n) is 8.04. The first-order valence-electron chi connectivity index (χ1n) is 10.7. The number of para-hydroxylation sites is 1. The lowest BCUT2D eigenvalue weighted by Gasteiger charge is -2.28. The van der Waals surface area contributed by atoms with Crippen molar-refractivity contribution in [2.75, 3.05) is 11.9 Å². The van der Waals surface area contributed by atoms with Gasteiger partial charge in [0.05, 0.1) is 6.54 Å². The van der Waals surface area contributed by atoms with Gasteiger partial charge in [0.1, 0.15) is 12.4 Å². The van der Waals surface area contributed by atoms with Gasteiger partial charge in [0.2, 0.25) is 5.91 Å². The predicted molar refractivity (Wildman–Crippen MR) is 125 cm³/mol. The fraction of sp³-hybridized carbons (Fsp3) is 0.280. The molecule has 4 rings (SSSR count). The van der Waals surface area contributed by atoms with Crippen molar-refractivity contribution in [2.24, 2.45) is 0 Å². The molecule has 1 aliphatic rings. The Bertz CT molecular complexity index is 1060. The van der Waals surface area contributed by atoms with E-state index in [0.29, 0.717) is 18.8 Å². The van der Waals surface area contributed by atoms with E-state index in [1.54, 1.807) is 33.3 Å². The highest BCUT2D eigenvalue weighted by atomic mass is 32.1. The third kappa shape index (κ3) is 5.95. The monoisotopic (exact) mass is 451 g/mol. The van der Waals surface area contributed by atoms with Crippen molar-refractivity contribution >= 4 is 29.0 Å². The van der Waals surface area contributed by atoms with Gasteiger partial charge in [-0.2, -0.15) is 0 Å². The van der Waals surface area contributed by atoms with Crippen LogP contribution >= 0.6 is 11.3 Å². The van der Waals surface area contributed by atoms with E-state index in [-0.39, 0.29) is 30.3 Å². The van der Waals surface area contributed by atoms with Gasteiger partial charge >= 0.3 is 6.03 Å². The third-order valence-electron chi connectivity index (χ3n) is 5.36. The Morgan fingerprint density at radius 1 is 1.00 bits per heavy atom. The number of carbonyl (C=O) groups excluding carboxylic acids is 2. The largest absolute Gasteiger partial charge is 0.332 e. The fourth-order valence-corrected chi connectivity index (χ4v) is 4.42. The number of amides is 3. The number of urea groups is 1. The minimum absolute atomic E-state index is 0.00882. The standard InChI is InChI=1S/C25H26FN3O2S/c1-18-7-14-23(32-18)16-28(15-19-8-10-20(26)11-9-19)24(30)17-29(22-12-13-22)25(31)27-21-5-3-2-4-6-21/h2-11,14,22H,12-13,15-17H2,1H3,(H,27,31). The van der Waals surface area contributed by atoms with Gasteiger partial charge in [0.25, 0.3) is 0 Å². The summed E-state index contributed by atoms with van der Waals surface area (Å²) in [4.78, 5) is 31.9. The van der Waals surface area contributed by atoms with Crippen molar-refractivity contribution in [3.05, 3.63) is 87.9 Å². The maximum Gasteiger partial charge on any atom is 0.322 e. The highest BCUT2D eigenvalue weighted by molar-refractivity contribution is 7.11. The minimum atomic E-state index is -0.307. The van der Waals surface area contributed by atoms with Gasteiger partial charge in [0, 0.05) is 28.0 Å². The fourth-order valence-electron chi connectivity index (χ4n) is 3.52. The van der Waals surface area contributed by atoms with Crippen molar-refractivity contribution in [3.63, 3.8) is 0 Å². The summed E-state index contributed by atoms with van der Waals surface area (Å²) in [5.74, 6) is -0.437. The number of halogens is 1. The SMILES string of the molecule is Cc1ccc(CN(Cc2ccc(F)cc2)C(=O)CN(C(=O)Nc2ccccc2)C2CC2)s1. The van der Waals surface area contributed by atoms with Crippen LogP contribution in [0.4, 0.5) is 14.9 Å². The maximum absolute atomic E-state index is 13.4. The molecule has 166 valence electrons. The van der Waals surface area contributed by atoms with Gasteiger partial charge in [-0.1, -0.05) is 30.3 Å². The van der Waals surface area contributed by atoms with Crippen LogP contribution in [0.15, 0.2) is 66.7 Å². The average molecular weight is 452 g/mol. The van der Waals surface area contributed by atoms with E-state index in [9.17, 15) is 14.0 Å². The number of thiophene rings is 1. The Balaban J connectivity index is 1.49. The van der Waals surface area contributed by atoms with Crippen molar-refractivity contribution in [1.29, 1.82) is 0 Å². The molecule has 0 aliphatic heterocycles. The summed E-state index contributed by atoms with van der Waals surface area (Å²) in [7, 11) is 0. The summed E-state index contributed by atoms with van der Waals surface area (Å²) >= 11 is 1.65. The molecule has 1 N–H and O–H groups in total. The van der Waals surface area contributed by atoms with Gasteiger partial charge in [-0.3, -0.25) is 4.79 Å². The van der Waals surface area contributed by atoms with E-state index < -0.39 is 0 Å². The number of rotatable bonds is 8. The van der Waals surface area contributed by atoms with Gasteiger partial charge < -0.3 is 15.1 Å². The summed E-state index contributed by atoms with van der Waals surface area (Å²) in [6.45, 7) is 2.85. The molecule has 3 aromatic rings. The van der Waals surface area contributed by atoms with Crippen molar-refractivity contribution in [2.45, 2.75) is 38.9 Å². The second-order valence-corrected chi connectivity index (χ2v) is 9.42. The molecule has 0 radical (unpaired) electrons. The molecule has 1 aliphatic carbocycles. The first kappa shape index (κ1) is 22.0. The molecule has 5 nitrogen and oxygen atoms in total. The summed E-state index contributed by atoms with van der Waals surface area (Å²) in [6, 6.07) is 19.3. The first-order valence-corrected chi connectivity index (χ1v) is 11.5. The first-order chi connectivity index (χ1) is 15.5. The minimum Gasteiger partial charge on any atom is -0.332 e. The quantitative estimate of drug-likeness (QED) is 0.497. The predicted octanol–water partition coefficient (Wildman–Crippen LogP) is 5.42. The second kappa shape index (κ2) is 9.96. The molecule has 1 fully saturated rings. The lowest BCUT2D eigenvalue weighted by atomic mass is 10.2. The zero-order valence-corrected chi connectivity index (χ0v) is 18.8. The Labute approximate surface area is 191 Å². The molecule has 7 heteroatoms. The van der Waals surface area contributed by atoms with E-state index in [1.807, 2.05) is 49.4 Å². The number of anilines is 1. The molecule has 0 saturated heterocycles. The van der Waals surface area contributed by atoms with Crippen LogP contribution in [-0.2, 0) is 17.9 Å². The van der Waals surface area contributed by atoms with Gasteiger partial charge in [-0.15, -0.1) is 11.3 Å². The molecule has 1 heterocycles. The van der Waals surface area contributed by atoms with Gasteiger partial charge in [-0.25, -0.2) is 9.18 Å². The summed E-state index contributed by atoms with van der Waals surface area (Å²) in [5, 5.41) is 2.89. The molecule has 1 aromatic heterocycles. The molecule has 3 amide bonds. The van der Waals surface area contributed by atoms with Crippen molar-refractivity contribution in [1.82, 2.24) is 9.80 Å². The maximum atomic E-state index is 13.4. The zero-order chi connectivity index (χ0) is 22.5. The number of nitrogens with zero attached hydrogens (tertiary/aromatic N) is 2. The molecule has 2 aromatic carbocycles. The number of nitrogens with one attached hydrogen (secondary N) is 1.